The highest BCUT2D eigenvalue weighted by Gasteiger charge is 2.17. The van der Waals surface area contributed by atoms with E-state index in [2.05, 4.69) is 61.8 Å². The molecule has 0 aliphatic carbocycles. The molecule has 1 N–H and O–H groups in total. The van der Waals surface area contributed by atoms with E-state index < -0.39 is 0 Å². The molecule has 0 spiro atoms. The predicted octanol–water partition coefficient (Wildman–Crippen LogP) is 5.65. The van der Waals surface area contributed by atoms with E-state index in [-0.39, 0.29) is 0 Å². The average Bonchev–Trinajstić information content (AvgIpc) is 2.80. The largest absolute Gasteiger partial charge is 0.339 e. The summed E-state index contributed by atoms with van der Waals surface area (Å²) in [5.41, 5.74) is 4.41. The molecular formula is C23H23N5S. The quantitative estimate of drug-likeness (QED) is 0.518. The van der Waals surface area contributed by atoms with Crippen molar-refractivity contribution in [2.75, 3.05) is 16.5 Å². The number of pyridine rings is 2. The van der Waals surface area contributed by atoms with Crippen LogP contribution in [0.15, 0.2) is 88.9 Å². The Morgan fingerprint density at radius 2 is 1.97 bits per heavy atom. The molecule has 146 valence electrons. The summed E-state index contributed by atoms with van der Waals surface area (Å²) in [4.78, 5) is 16.8. The molecule has 1 aromatic carbocycles. The Hall–Kier alpha value is -3.12. The number of rotatable bonds is 7. The van der Waals surface area contributed by atoms with Gasteiger partial charge >= 0.3 is 0 Å². The Kier molecular flexibility index (Phi) is 6.22. The summed E-state index contributed by atoms with van der Waals surface area (Å²) in [6, 6.07) is 16.4. The van der Waals surface area contributed by atoms with Gasteiger partial charge in [0.1, 0.15) is 5.82 Å². The van der Waals surface area contributed by atoms with Crippen LogP contribution in [0.1, 0.15) is 18.4 Å². The van der Waals surface area contributed by atoms with Crippen LogP contribution in [-0.2, 0) is 6.54 Å². The third-order valence-corrected chi connectivity index (χ3v) is 5.54. The van der Waals surface area contributed by atoms with Crippen molar-refractivity contribution in [3.63, 3.8) is 0 Å². The topological polar surface area (TPSA) is 53.4 Å². The van der Waals surface area contributed by atoms with Gasteiger partial charge in [0.2, 0.25) is 0 Å². The van der Waals surface area contributed by atoms with Crippen LogP contribution in [0.4, 0.5) is 17.2 Å². The molecule has 0 bridgehead atoms. The Balaban J connectivity index is 1.67. The van der Waals surface area contributed by atoms with Gasteiger partial charge in [0.15, 0.2) is 0 Å². The molecule has 0 radical (unpaired) electrons. The number of allylic oxidation sites excluding steroid dienone is 1. The summed E-state index contributed by atoms with van der Waals surface area (Å²) >= 11 is 1.72. The van der Waals surface area contributed by atoms with Gasteiger partial charge in [-0.25, -0.2) is 4.98 Å². The SMILES string of the molecule is CSc1ccccc1Nc1ncccc1CN(C1=CN=CCC1)c1cccnc1. The van der Waals surface area contributed by atoms with Crippen molar-refractivity contribution in [3.05, 3.63) is 84.6 Å². The molecule has 0 saturated heterocycles. The van der Waals surface area contributed by atoms with Gasteiger partial charge in [-0.3, -0.25) is 9.98 Å². The van der Waals surface area contributed by atoms with E-state index in [1.165, 1.54) is 10.6 Å². The van der Waals surface area contributed by atoms with Crippen molar-refractivity contribution in [1.29, 1.82) is 0 Å². The Labute approximate surface area is 175 Å². The number of hydrogen-bond acceptors (Lipinski definition) is 6. The van der Waals surface area contributed by atoms with Crippen molar-refractivity contribution < 1.29 is 0 Å². The van der Waals surface area contributed by atoms with Gasteiger partial charge in [0.25, 0.3) is 0 Å². The molecule has 5 nitrogen and oxygen atoms in total. The monoisotopic (exact) mass is 401 g/mol. The van der Waals surface area contributed by atoms with Crippen LogP contribution in [0.2, 0.25) is 0 Å². The van der Waals surface area contributed by atoms with Gasteiger partial charge in [-0.15, -0.1) is 11.8 Å². The highest BCUT2D eigenvalue weighted by Crippen LogP contribution is 2.31. The lowest BCUT2D eigenvalue weighted by atomic mass is 10.1. The number of thioether (sulfide) groups is 1. The Bertz CT molecular complexity index is 1020. The molecule has 1 aliphatic rings. The number of hydrogen-bond donors (Lipinski definition) is 1. The van der Waals surface area contributed by atoms with Crippen LogP contribution < -0.4 is 10.2 Å². The third-order valence-electron chi connectivity index (χ3n) is 4.74. The van der Waals surface area contributed by atoms with Crippen molar-refractivity contribution in [2.24, 2.45) is 4.99 Å². The zero-order valence-corrected chi connectivity index (χ0v) is 17.1. The van der Waals surface area contributed by atoms with E-state index >= 15 is 0 Å². The first kappa shape index (κ1) is 19.2. The molecule has 3 aromatic rings. The molecule has 0 fully saturated rings. The number of benzene rings is 1. The van der Waals surface area contributed by atoms with Crippen molar-refractivity contribution in [1.82, 2.24) is 9.97 Å². The maximum atomic E-state index is 4.63. The molecule has 4 rings (SSSR count). The molecule has 0 saturated carbocycles. The summed E-state index contributed by atoms with van der Waals surface area (Å²) in [6.45, 7) is 0.685. The number of aromatic nitrogens is 2. The number of para-hydroxylation sites is 1. The maximum absolute atomic E-state index is 4.63. The van der Waals surface area contributed by atoms with E-state index in [9.17, 15) is 0 Å². The van der Waals surface area contributed by atoms with Crippen molar-refractivity contribution >= 4 is 35.2 Å². The first-order valence-corrected chi connectivity index (χ1v) is 10.8. The van der Waals surface area contributed by atoms with E-state index in [0.717, 1.165) is 35.6 Å². The van der Waals surface area contributed by atoms with Crippen LogP contribution in [-0.4, -0.2) is 22.4 Å². The minimum atomic E-state index is 0.685. The molecule has 0 atom stereocenters. The summed E-state index contributed by atoms with van der Waals surface area (Å²) in [6.07, 6.45) is 13.4. The minimum absolute atomic E-state index is 0.685. The van der Waals surface area contributed by atoms with Crippen molar-refractivity contribution in [2.45, 2.75) is 24.3 Å². The van der Waals surface area contributed by atoms with Gasteiger partial charge < -0.3 is 10.2 Å². The lowest BCUT2D eigenvalue weighted by molar-refractivity contribution is 0.829. The summed E-state index contributed by atoms with van der Waals surface area (Å²) in [7, 11) is 0. The smallest absolute Gasteiger partial charge is 0.135 e. The number of anilines is 3. The normalized spacial score (nSPS) is 13.1. The number of nitrogens with zero attached hydrogens (tertiary/aromatic N) is 4. The fraction of sp³-hybridized carbons (Fsp3) is 0.174. The van der Waals surface area contributed by atoms with Crippen LogP contribution in [0.5, 0.6) is 0 Å². The summed E-state index contributed by atoms with van der Waals surface area (Å²) in [5, 5.41) is 3.53. The second-order valence-electron chi connectivity index (χ2n) is 6.62. The number of aliphatic imine (C=N–C) groups is 1. The molecular weight excluding hydrogens is 378 g/mol. The van der Waals surface area contributed by atoms with Gasteiger partial charge in [0, 0.05) is 41.0 Å². The molecule has 0 unspecified atom stereocenters. The molecule has 1 aliphatic heterocycles. The standard InChI is InChI=1S/C23H23N5S/c1-29-22-11-3-2-10-21(22)27-23-18(7-4-14-26-23)17-28(19-8-5-12-24-15-19)20-9-6-13-25-16-20/h2-5,7-8,10-16H,6,9,17H2,1H3,(H,26,27). The van der Waals surface area contributed by atoms with E-state index in [4.69, 9.17) is 0 Å². The summed E-state index contributed by atoms with van der Waals surface area (Å²) < 4.78 is 0. The highest BCUT2D eigenvalue weighted by molar-refractivity contribution is 7.98. The molecule has 0 amide bonds. The molecule has 6 heteroatoms. The van der Waals surface area contributed by atoms with Gasteiger partial charge in [-0.1, -0.05) is 18.2 Å². The van der Waals surface area contributed by atoms with E-state index in [0.29, 0.717) is 6.54 Å². The van der Waals surface area contributed by atoms with Gasteiger partial charge in [-0.2, -0.15) is 0 Å². The lowest BCUT2D eigenvalue weighted by Gasteiger charge is -2.28. The number of nitrogens with one attached hydrogen (secondary N) is 1. The lowest BCUT2D eigenvalue weighted by Crippen LogP contribution is -2.23. The molecule has 2 aromatic heterocycles. The predicted molar refractivity (Wildman–Crippen MR) is 122 cm³/mol. The fourth-order valence-electron chi connectivity index (χ4n) is 3.29. The van der Waals surface area contributed by atoms with Gasteiger partial charge in [-0.05, 0) is 49.4 Å². The van der Waals surface area contributed by atoms with Crippen molar-refractivity contribution in [3.8, 4) is 0 Å². The van der Waals surface area contributed by atoms with Crippen LogP contribution in [0, 0.1) is 0 Å². The Morgan fingerprint density at radius 1 is 1.07 bits per heavy atom. The van der Waals surface area contributed by atoms with Crippen LogP contribution in [0.3, 0.4) is 0 Å². The van der Waals surface area contributed by atoms with Crippen LogP contribution >= 0.6 is 11.8 Å². The molecule has 3 heterocycles. The zero-order valence-electron chi connectivity index (χ0n) is 16.3. The van der Waals surface area contributed by atoms with E-state index in [1.54, 1.807) is 18.0 Å². The highest BCUT2D eigenvalue weighted by atomic mass is 32.2. The molecule has 29 heavy (non-hydrogen) atoms. The Morgan fingerprint density at radius 3 is 2.76 bits per heavy atom. The first-order chi connectivity index (χ1) is 14.3. The first-order valence-electron chi connectivity index (χ1n) is 9.57. The second-order valence-corrected chi connectivity index (χ2v) is 7.47. The van der Waals surface area contributed by atoms with Gasteiger partial charge in [0.05, 0.1) is 24.1 Å². The fourth-order valence-corrected chi connectivity index (χ4v) is 3.85. The second kappa shape index (κ2) is 9.39. The summed E-state index contributed by atoms with van der Waals surface area (Å²) in [5.74, 6) is 0.864. The van der Waals surface area contributed by atoms with E-state index in [1.807, 2.05) is 43.0 Å². The van der Waals surface area contributed by atoms with Crippen LogP contribution in [0.25, 0.3) is 0 Å². The third kappa shape index (κ3) is 4.66. The maximum Gasteiger partial charge on any atom is 0.135 e. The minimum Gasteiger partial charge on any atom is -0.339 e. The zero-order chi connectivity index (χ0) is 19.9. The average molecular weight is 402 g/mol.